The van der Waals surface area contributed by atoms with Crippen LogP contribution in [0.15, 0.2) is 29.2 Å². The lowest BCUT2D eigenvalue weighted by Crippen LogP contribution is -2.55. The van der Waals surface area contributed by atoms with Crippen LogP contribution in [-0.2, 0) is 19.6 Å². The van der Waals surface area contributed by atoms with Gasteiger partial charge in [-0.25, -0.2) is 13.2 Å². The molecule has 2 unspecified atom stereocenters. The van der Waals surface area contributed by atoms with E-state index in [0.29, 0.717) is 6.54 Å². The van der Waals surface area contributed by atoms with E-state index in [9.17, 15) is 23.1 Å². The SMILES string of the molecule is COCC(C)(NC(=O)c1ccc(S(=O)(=O)N2CCCCC2C)cc1)C(=O)O. The Bertz CT molecular complexity index is 793. The summed E-state index contributed by atoms with van der Waals surface area (Å²) in [5.74, 6) is -1.84. The highest BCUT2D eigenvalue weighted by Gasteiger charge is 2.35. The number of carboxylic acid groups (broad SMARTS) is 1. The number of benzene rings is 1. The van der Waals surface area contributed by atoms with Crippen molar-refractivity contribution in [2.45, 2.75) is 49.6 Å². The molecule has 1 aromatic rings. The van der Waals surface area contributed by atoms with Crippen molar-refractivity contribution in [3.63, 3.8) is 0 Å². The predicted molar refractivity (Wildman–Crippen MR) is 99.0 cm³/mol. The number of piperidine rings is 1. The van der Waals surface area contributed by atoms with E-state index in [-0.39, 0.29) is 23.1 Å². The van der Waals surface area contributed by atoms with E-state index in [1.54, 1.807) is 0 Å². The van der Waals surface area contributed by atoms with E-state index in [2.05, 4.69) is 5.32 Å². The zero-order valence-corrected chi connectivity index (χ0v) is 16.6. The number of aliphatic carboxylic acids is 1. The van der Waals surface area contributed by atoms with Crippen LogP contribution in [0.3, 0.4) is 0 Å². The van der Waals surface area contributed by atoms with Crippen LogP contribution >= 0.6 is 0 Å². The van der Waals surface area contributed by atoms with Crippen molar-refractivity contribution in [1.82, 2.24) is 9.62 Å². The van der Waals surface area contributed by atoms with Crippen molar-refractivity contribution in [1.29, 1.82) is 0 Å². The van der Waals surface area contributed by atoms with Gasteiger partial charge in [-0.2, -0.15) is 4.31 Å². The molecule has 2 atom stereocenters. The van der Waals surface area contributed by atoms with Gasteiger partial charge in [0, 0.05) is 25.3 Å². The van der Waals surface area contributed by atoms with Gasteiger partial charge in [0.2, 0.25) is 10.0 Å². The van der Waals surface area contributed by atoms with Gasteiger partial charge in [0.05, 0.1) is 11.5 Å². The van der Waals surface area contributed by atoms with Crippen LogP contribution in [0.25, 0.3) is 0 Å². The Morgan fingerprint density at radius 2 is 1.93 bits per heavy atom. The smallest absolute Gasteiger partial charge is 0.331 e. The number of carboxylic acids is 1. The van der Waals surface area contributed by atoms with Crippen LogP contribution in [0.5, 0.6) is 0 Å². The molecule has 1 saturated heterocycles. The van der Waals surface area contributed by atoms with Gasteiger partial charge >= 0.3 is 5.97 Å². The van der Waals surface area contributed by atoms with Gasteiger partial charge in [-0.3, -0.25) is 4.79 Å². The zero-order valence-electron chi connectivity index (χ0n) is 15.8. The minimum Gasteiger partial charge on any atom is -0.479 e. The molecule has 1 aliphatic rings. The van der Waals surface area contributed by atoms with Crippen LogP contribution in [0.4, 0.5) is 0 Å². The Labute approximate surface area is 159 Å². The highest BCUT2D eigenvalue weighted by atomic mass is 32.2. The van der Waals surface area contributed by atoms with Crippen LogP contribution in [-0.4, -0.2) is 61.5 Å². The average Bonchev–Trinajstić information content (AvgIpc) is 2.62. The van der Waals surface area contributed by atoms with Crippen molar-refractivity contribution in [3.05, 3.63) is 29.8 Å². The summed E-state index contributed by atoms with van der Waals surface area (Å²) in [7, 11) is -2.28. The standard InChI is InChI=1S/C18H26N2O6S/c1-13-6-4-5-11-20(13)27(24,25)15-9-7-14(8-10-15)16(21)19-18(2,12-26-3)17(22)23/h7-10,13H,4-6,11-12H2,1-3H3,(H,19,21)(H,22,23). The molecule has 1 amide bonds. The summed E-state index contributed by atoms with van der Waals surface area (Å²) in [6.07, 6.45) is 2.67. The number of carbonyl (C=O) groups excluding carboxylic acids is 1. The Hall–Kier alpha value is -1.97. The van der Waals surface area contributed by atoms with Crippen LogP contribution in [0.1, 0.15) is 43.5 Å². The van der Waals surface area contributed by atoms with E-state index in [1.165, 1.54) is 42.6 Å². The molecule has 0 bridgehead atoms. The lowest BCUT2D eigenvalue weighted by Gasteiger charge is -2.32. The molecule has 0 spiro atoms. The Balaban J connectivity index is 2.19. The number of ether oxygens (including phenoxy) is 1. The van der Waals surface area contributed by atoms with Crippen LogP contribution < -0.4 is 5.32 Å². The lowest BCUT2D eigenvalue weighted by molar-refractivity contribution is -0.145. The van der Waals surface area contributed by atoms with Crippen LogP contribution in [0, 0.1) is 0 Å². The highest BCUT2D eigenvalue weighted by Crippen LogP contribution is 2.25. The second-order valence-corrected chi connectivity index (χ2v) is 8.90. The van der Waals surface area contributed by atoms with Gasteiger partial charge < -0.3 is 15.2 Å². The van der Waals surface area contributed by atoms with Gasteiger partial charge in [-0.15, -0.1) is 0 Å². The molecule has 1 fully saturated rings. The van der Waals surface area contributed by atoms with E-state index >= 15 is 0 Å². The quantitative estimate of drug-likeness (QED) is 0.719. The molecule has 0 aliphatic carbocycles. The number of methoxy groups -OCH3 is 1. The third kappa shape index (κ3) is 4.66. The minimum absolute atomic E-state index is 0.0583. The average molecular weight is 398 g/mol. The molecule has 0 aromatic heterocycles. The van der Waals surface area contributed by atoms with Gasteiger partial charge in [-0.05, 0) is 51.0 Å². The first-order valence-electron chi connectivity index (χ1n) is 8.78. The third-order valence-electron chi connectivity index (χ3n) is 4.76. The Morgan fingerprint density at radius 3 is 2.44 bits per heavy atom. The second kappa shape index (κ2) is 8.37. The highest BCUT2D eigenvalue weighted by molar-refractivity contribution is 7.89. The van der Waals surface area contributed by atoms with E-state index in [4.69, 9.17) is 4.74 Å². The first-order chi connectivity index (χ1) is 12.6. The Kier molecular flexibility index (Phi) is 6.61. The molecule has 2 rings (SSSR count). The third-order valence-corrected chi connectivity index (χ3v) is 6.79. The predicted octanol–water partition coefficient (Wildman–Crippen LogP) is 1.47. The summed E-state index contributed by atoms with van der Waals surface area (Å²) in [6.45, 7) is 3.52. The summed E-state index contributed by atoms with van der Waals surface area (Å²) in [5, 5.41) is 11.7. The number of rotatable bonds is 7. The molecule has 8 nitrogen and oxygen atoms in total. The molecular weight excluding hydrogens is 372 g/mol. The summed E-state index contributed by atoms with van der Waals surface area (Å²) < 4.78 is 32.0. The lowest BCUT2D eigenvalue weighted by atomic mass is 10.0. The molecule has 2 N–H and O–H groups in total. The number of carbonyl (C=O) groups is 2. The topological polar surface area (TPSA) is 113 Å². The van der Waals surface area contributed by atoms with E-state index in [0.717, 1.165) is 19.3 Å². The van der Waals surface area contributed by atoms with Crippen molar-refractivity contribution in [2.75, 3.05) is 20.3 Å². The first kappa shape index (κ1) is 21.3. The fourth-order valence-corrected chi connectivity index (χ4v) is 4.80. The monoisotopic (exact) mass is 398 g/mol. The molecule has 27 heavy (non-hydrogen) atoms. The number of sulfonamides is 1. The maximum Gasteiger partial charge on any atom is 0.331 e. The summed E-state index contributed by atoms with van der Waals surface area (Å²) in [4.78, 5) is 23.9. The fourth-order valence-electron chi connectivity index (χ4n) is 3.11. The molecular formula is C18H26N2O6S. The Morgan fingerprint density at radius 1 is 1.30 bits per heavy atom. The number of hydrogen-bond donors (Lipinski definition) is 2. The number of nitrogens with one attached hydrogen (secondary N) is 1. The van der Waals surface area contributed by atoms with E-state index in [1.807, 2.05) is 6.92 Å². The molecule has 1 heterocycles. The number of nitrogens with zero attached hydrogens (tertiary/aromatic N) is 1. The maximum atomic E-state index is 12.8. The first-order valence-corrected chi connectivity index (χ1v) is 10.2. The van der Waals surface area contributed by atoms with Crippen molar-refractivity contribution in [3.8, 4) is 0 Å². The van der Waals surface area contributed by atoms with Crippen LogP contribution in [0.2, 0.25) is 0 Å². The van der Waals surface area contributed by atoms with Gasteiger partial charge in [0.15, 0.2) is 5.54 Å². The fraction of sp³-hybridized carbons (Fsp3) is 0.556. The van der Waals surface area contributed by atoms with Crippen molar-refractivity contribution < 1.29 is 27.9 Å². The maximum absolute atomic E-state index is 12.8. The van der Waals surface area contributed by atoms with Gasteiger partial charge in [-0.1, -0.05) is 6.42 Å². The van der Waals surface area contributed by atoms with Crippen molar-refractivity contribution >= 4 is 21.9 Å². The zero-order chi connectivity index (χ0) is 20.2. The molecule has 0 radical (unpaired) electrons. The summed E-state index contributed by atoms with van der Waals surface area (Å²) in [6, 6.07) is 5.45. The summed E-state index contributed by atoms with van der Waals surface area (Å²) >= 11 is 0. The largest absolute Gasteiger partial charge is 0.479 e. The van der Waals surface area contributed by atoms with Crippen molar-refractivity contribution in [2.24, 2.45) is 0 Å². The molecule has 1 aromatic carbocycles. The van der Waals surface area contributed by atoms with Gasteiger partial charge in [0.1, 0.15) is 0 Å². The molecule has 1 aliphatic heterocycles. The summed E-state index contributed by atoms with van der Waals surface area (Å²) in [5.41, 5.74) is -1.41. The molecule has 9 heteroatoms. The molecule has 0 saturated carbocycles. The minimum atomic E-state index is -3.62. The normalized spacial score (nSPS) is 20.6. The number of hydrogen-bond acceptors (Lipinski definition) is 5. The molecule has 150 valence electrons. The number of amides is 1. The second-order valence-electron chi connectivity index (χ2n) is 7.01. The van der Waals surface area contributed by atoms with Gasteiger partial charge in [0.25, 0.3) is 5.91 Å². The van der Waals surface area contributed by atoms with E-state index < -0.39 is 27.4 Å².